The van der Waals surface area contributed by atoms with Gasteiger partial charge in [0.1, 0.15) is 5.82 Å². The number of fused-ring (bicyclic) bond motifs is 1. The molecule has 2 aliphatic rings. The Hall–Kier alpha value is -1.10. The summed E-state index contributed by atoms with van der Waals surface area (Å²) in [4.78, 5) is 4.79. The van der Waals surface area contributed by atoms with Crippen LogP contribution in [-0.4, -0.2) is 29.3 Å². The zero-order valence-corrected chi connectivity index (χ0v) is 11.4. The van der Waals surface area contributed by atoms with Gasteiger partial charge in [-0.05, 0) is 25.0 Å². The van der Waals surface area contributed by atoms with Crippen LogP contribution >= 0.6 is 11.6 Å². The fourth-order valence-corrected chi connectivity index (χ4v) is 3.06. The van der Waals surface area contributed by atoms with Crippen molar-refractivity contribution in [1.29, 1.82) is 0 Å². The number of aromatic nitrogens is 2. The lowest BCUT2D eigenvalue weighted by molar-refractivity contribution is 0.0732. The summed E-state index contributed by atoms with van der Waals surface area (Å²) < 4.78 is 7.89. The van der Waals surface area contributed by atoms with Gasteiger partial charge in [-0.15, -0.1) is 0 Å². The number of nitrogens with one attached hydrogen (secondary N) is 1. The summed E-state index contributed by atoms with van der Waals surface area (Å²) in [6.45, 7) is 2.35. The monoisotopic (exact) mass is 277 g/mol. The first kappa shape index (κ1) is 11.7. The van der Waals surface area contributed by atoms with Crippen molar-refractivity contribution in [3.63, 3.8) is 0 Å². The van der Waals surface area contributed by atoms with E-state index >= 15 is 0 Å². The molecule has 4 rings (SSSR count). The number of nitrogens with zero attached hydrogens (tertiary/aromatic N) is 2. The Bertz CT molecular complexity index is 614. The molecule has 0 spiro atoms. The van der Waals surface area contributed by atoms with Crippen LogP contribution in [0.5, 0.6) is 0 Å². The average molecular weight is 278 g/mol. The van der Waals surface area contributed by atoms with Gasteiger partial charge in [-0.1, -0.05) is 17.7 Å². The zero-order valence-electron chi connectivity index (χ0n) is 10.6. The molecule has 0 bridgehead atoms. The maximum atomic E-state index is 6.37. The van der Waals surface area contributed by atoms with E-state index in [1.807, 2.05) is 18.2 Å². The second-order valence-electron chi connectivity index (χ2n) is 5.26. The van der Waals surface area contributed by atoms with Gasteiger partial charge in [-0.25, -0.2) is 4.98 Å². The molecule has 2 aromatic rings. The van der Waals surface area contributed by atoms with E-state index in [9.17, 15) is 0 Å². The van der Waals surface area contributed by atoms with E-state index in [1.54, 1.807) is 0 Å². The maximum Gasteiger partial charge on any atom is 0.129 e. The molecule has 0 radical (unpaired) electrons. The molecule has 19 heavy (non-hydrogen) atoms. The highest BCUT2D eigenvalue weighted by atomic mass is 35.5. The van der Waals surface area contributed by atoms with E-state index in [2.05, 4.69) is 9.88 Å². The van der Waals surface area contributed by atoms with Gasteiger partial charge < -0.3 is 14.6 Å². The number of imidazole rings is 1. The first-order valence-electron chi connectivity index (χ1n) is 6.82. The fourth-order valence-electron chi connectivity index (χ4n) is 2.80. The van der Waals surface area contributed by atoms with Crippen LogP contribution < -0.4 is 5.32 Å². The minimum absolute atomic E-state index is 0.179. The Morgan fingerprint density at radius 3 is 3.00 bits per heavy atom. The normalized spacial score (nSPS) is 23.9. The molecule has 5 heteroatoms. The van der Waals surface area contributed by atoms with Crippen LogP contribution in [0.1, 0.15) is 30.7 Å². The summed E-state index contributed by atoms with van der Waals surface area (Å²) in [7, 11) is 0. The van der Waals surface area contributed by atoms with Gasteiger partial charge in [-0.2, -0.15) is 0 Å². The highest BCUT2D eigenvalue weighted by molar-refractivity contribution is 6.35. The molecule has 1 aliphatic carbocycles. The summed E-state index contributed by atoms with van der Waals surface area (Å²) in [6.07, 6.45) is 2.44. The number of halogens is 1. The molecule has 1 saturated heterocycles. The number of hydrogen-bond donors (Lipinski definition) is 1. The molecule has 4 nitrogen and oxygen atoms in total. The van der Waals surface area contributed by atoms with Gasteiger partial charge in [0, 0.05) is 12.6 Å². The minimum Gasteiger partial charge on any atom is -0.378 e. The van der Waals surface area contributed by atoms with Crippen molar-refractivity contribution in [2.75, 3.05) is 19.8 Å². The van der Waals surface area contributed by atoms with E-state index in [0.717, 1.165) is 35.0 Å². The molecule has 1 aromatic carbocycles. The average Bonchev–Trinajstić information content (AvgIpc) is 3.20. The maximum absolute atomic E-state index is 6.37. The van der Waals surface area contributed by atoms with Crippen molar-refractivity contribution >= 4 is 22.6 Å². The van der Waals surface area contributed by atoms with Gasteiger partial charge in [0.05, 0.1) is 35.3 Å². The van der Waals surface area contributed by atoms with Gasteiger partial charge in [0.2, 0.25) is 0 Å². The summed E-state index contributed by atoms with van der Waals surface area (Å²) in [5.41, 5.74) is 2.07. The molecule has 0 amide bonds. The largest absolute Gasteiger partial charge is 0.378 e. The number of rotatable bonds is 2. The van der Waals surface area contributed by atoms with E-state index in [-0.39, 0.29) is 6.04 Å². The number of morpholine rings is 1. The molecule has 1 atom stereocenters. The van der Waals surface area contributed by atoms with E-state index in [4.69, 9.17) is 21.3 Å². The number of para-hydroxylation sites is 1. The highest BCUT2D eigenvalue weighted by Gasteiger charge is 2.32. The number of benzene rings is 1. The highest BCUT2D eigenvalue weighted by Crippen LogP contribution is 2.41. The summed E-state index contributed by atoms with van der Waals surface area (Å²) in [6, 6.07) is 6.68. The summed E-state index contributed by atoms with van der Waals surface area (Å²) in [5.74, 6) is 1.07. The molecule has 2 heterocycles. The molecule has 1 aliphatic heterocycles. The van der Waals surface area contributed by atoms with E-state index in [0.29, 0.717) is 12.6 Å². The van der Waals surface area contributed by atoms with Crippen LogP contribution in [0, 0.1) is 0 Å². The first-order valence-corrected chi connectivity index (χ1v) is 7.20. The predicted octanol–water partition coefficient (Wildman–Crippen LogP) is 2.69. The Labute approximate surface area is 116 Å². The fraction of sp³-hybridized carbons (Fsp3) is 0.500. The quantitative estimate of drug-likeness (QED) is 0.917. The number of ether oxygens (including phenoxy) is 1. The molecule has 1 saturated carbocycles. The van der Waals surface area contributed by atoms with Crippen LogP contribution in [0.25, 0.3) is 11.0 Å². The lowest BCUT2D eigenvalue weighted by Crippen LogP contribution is -2.36. The second kappa shape index (κ2) is 4.47. The Balaban J connectivity index is 1.89. The lowest BCUT2D eigenvalue weighted by Gasteiger charge is -2.24. The molecular weight excluding hydrogens is 262 g/mol. The van der Waals surface area contributed by atoms with Crippen molar-refractivity contribution in [2.24, 2.45) is 0 Å². The van der Waals surface area contributed by atoms with E-state index in [1.165, 1.54) is 12.8 Å². The van der Waals surface area contributed by atoms with Gasteiger partial charge in [0.25, 0.3) is 0 Å². The Kier molecular flexibility index (Phi) is 2.76. The first-order chi connectivity index (χ1) is 9.34. The van der Waals surface area contributed by atoms with Crippen molar-refractivity contribution in [2.45, 2.75) is 24.9 Å². The zero-order chi connectivity index (χ0) is 12.8. The topological polar surface area (TPSA) is 39.1 Å². The molecule has 2 fully saturated rings. The molecule has 100 valence electrons. The van der Waals surface area contributed by atoms with Crippen LogP contribution in [0.4, 0.5) is 0 Å². The van der Waals surface area contributed by atoms with Crippen LogP contribution in [0.15, 0.2) is 18.2 Å². The minimum atomic E-state index is 0.179. The SMILES string of the molecule is Clc1cccc2nc(C3COCCN3)n(C3CC3)c12. The Morgan fingerprint density at radius 1 is 1.37 bits per heavy atom. The lowest BCUT2D eigenvalue weighted by atomic mass is 10.2. The van der Waals surface area contributed by atoms with Crippen molar-refractivity contribution in [1.82, 2.24) is 14.9 Å². The summed E-state index contributed by atoms with van der Waals surface area (Å²) in [5, 5.41) is 4.28. The number of hydrogen-bond acceptors (Lipinski definition) is 3. The molecule has 1 N–H and O–H groups in total. The smallest absolute Gasteiger partial charge is 0.129 e. The third kappa shape index (κ3) is 1.95. The van der Waals surface area contributed by atoms with Gasteiger partial charge in [-0.3, -0.25) is 0 Å². The van der Waals surface area contributed by atoms with Crippen molar-refractivity contribution in [3.05, 3.63) is 29.0 Å². The predicted molar refractivity (Wildman–Crippen MR) is 74.6 cm³/mol. The van der Waals surface area contributed by atoms with Gasteiger partial charge >= 0.3 is 0 Å². The van der Waals surface area contributed by atoms with Crippen LogP contribution in [0.2, 0.25) is 5.02 Å². The molecule has 1 unspecified atom stereocenters. The van der Waals surface area contributed by atoms with E-state index < -0.39 is 0 Å². The molecule has 1 aromatic heterocycles. The molecular formula is C14H16ClN3O. The standard InChI is InChI=1S/C14H16ClN3O/c15-10-2-1-3-11-13(10)18(9-4-5-9)14(17-11)12-8-19-7-6-16-12/h1-3,9,12,16H,4-8H2. The third-order valence-electron chi connectivity index (χ3n) is 3.83. The third-order valence-corrected chi connectivity index (χ3v) is 4.14. The van der Waals surface area contributed by atoms with Crippen molar-refractivity contribution in [3.8, 4) is 0 Å². The second-order valence-corrected chi connectivity index (χ2v) is 5.67. The van der Waals surface area contributed by atoms with Crippen molar-refractivity contribution < 1.29 is 4.74 Å². The Morgan fingerprint density at radius 2 is 2.26 bits per heavy atom. The van der Waals surface area contributed by atoms with Crippen LogP contribution in [0.3, 0.4) is 0 Å². The summed E-state index contributed by atoms with van der Waals surface area (Å²) >= 11 is 6.37. The van der Waals surface area contributed by atoms with Gasteiger partial charge in [0.15, 0.2) is 0 Å². The van der Waals surface area contributed by atoms with Crippen LogP contribution in [-0.2, 0) is 4.74 Å².